The Morgan fingerprint density at radius 3 is 2.58 bits per heavy atom. The molecule has 3 aromatic rings. The van der Waals surface area contributed by atoms with Crippen LogP contribution in [0.3, 0.4) is 0 Å². The second-order valence-corrected chi connectivity index (χ2v) is 7.91. The fraction of sp³-hybridized carbons (Fsp3) is 0.300. The molecule has 1 N–H and O–H groups in total. The van der Waals surface area contributed by atoms with Crippen molar-refractivity contribution in [2.75, 3.05) is 14.1 Å². The number of fused-ring (bicyclic) bond motifs is 1. The largest absolute Gasteiger partial charge is 0.287 e. The molecule has 0 unspecified atom stereocenters. The van der Waals surface area contributed by atoms with E-state index in [1.54, 1.807) is 29.1 Å². The molecule has 0 saturated carbocycles. The van der Waals surface area contributed by atoms with E-state index in [-0.39, 0.29) is 11.8 Å². The van der Waals surface area contributed by atoms with Gasteiger partial charge in [0.1, 0.15) is 0 Å². The van der Waals surface area contributed by atoms with Gasteiger partial charge in [0, 0.05) is 48.6 Å². The maximum atomic E-state index is 12.7. The predicted octanol–water partition coefficient (Wildman–Crippen LogP) is 4.21. The third-order valence-corrected chi connectivity index (χ3v) is 4.78. The van der Waals surface area contributed by atoms with Crippen LogP contribution in [0, 0.1) is 5.92 Å². The van der Waals surface area contributed by atoms with Gasteiger partial charge in [-0.2, -0.15) is 0 Å². The Hall–Kier alpha value is -2.15. The van der Waals surface area contributed by atoms with E-state index in [2.05, 4.69) is 27.9 Å². The fourth-order valence-corrected chi connectivity index (χ4v) is 3.34. The highest BCUT2D eigenvalue weighted by Crippen LogP contribution is 2.28. The number of benzene rings is 1. The van der Waals surface area contributed by atoms with Gasteiger partial charge in [0.25, 0.3) is 0 Å². The lowest BCUT2D eigenvalue weighted by atomic mass is 10.0. The Labute approximate surface area is 158 Å². The third kappa shape index (κ3) is 3.98. The summed E-state index contributed by atoms with van der Waals surface area (Å²) >= 11 is 1.54. The van der Waals surface area contributed by atoms with Gasteiger partial charge in [0.15, 0.2) is 0 Å². The van der Waals surface area contributed by atoms with Crippen molar-refractivity contribution in [1.29, 1.82) is 0 Å². The predicted molar refractivity (Wildman–Crippen MR) is 109 cm³/mol. The van der Waals surface area contributed by atoms with Crippen LogP contribution < -0.4 is 4.72 Å². The Morgan fingerprint density at radius 2 is 1.92 bits per heavy atom. The Balaban J connectivity index is 2.05. The SMILES string of the molecule is CC(C)C(=O)n1cc(CNSN(C)C)c2ccc(-c3ccncc3)cc21. The average molecular weight is 369 g/mol. The summed E-state index contributed by atoms with van der Waals surface area (Å²) in [5.41, 5.74) is 4.24. The highest BCUT2D eigenvalue weighted by Gasteiger charge is 2.17. The van der Waals surface area contributed by atoms with Crippen LogP contribution in [-0.2, 0) is 6.54 Å². The molecule has 6 heteroatoms. The van der Waals surface area contributed by atoms with Crippen molar-refractivity contribution in [3.63, 3.8) is 0 Å². The van der Waals surface area contributed by atoms with Crippen molar-refractivity contribution in [3.05, 3.63) is 54.5 Å². The van der Waals surface area contributed by atoms with E-state index in [1.165, 1.54) is 0 Å². The lowest BCUT2D eigenvalue weighted by Crippen LogP contribution is -2.16. The van der Waals surface area contributed by atoms with Gasteiger partial charge in [-0.15, -0.1) is 0 Å². The summed E-state index contributed by atoms with van der Waals surface area (Å²) in [5, 5.41) is 1.10. The number of hydrogen-bond donors (Lipinski definition) is 1. The normalized spacial score (nSPS) is 11.6. The van der Waals surface area contributed by atoms with Gasteiger partial charge >= 0.3 is 0 Å². The molecule has 0 radical (unpaired) electrons. The number of nitrogens with zero attached hydrogens (tertiary/aromatic N) is 3. The van der Waals surface area contributed by atoms with Crippen LogP contribution in [0.2, 0.25) is 0 Å². The van der Waals surface area contributed by atoms with E-state index >= 15 is 0 Å². The van der Waals surface area contributed by atoms with Crippen molar-refractivity contribution < 1.29 is 4.79 Å². The van der Waals surface area contributed by atoms with Gasteiger partial charge in [-0.1, -0.05) is 26.0 Å². The van der Waals surface area contributed by atoms with Crippen LogP contribution in [0.15, 0.2) is 48.9 Å². The zero-order chi connectivity index (χ0) is 18.7. The number of pyridine rings is 1. The van der Waals surface area contributed by atoms with E-state index in [0.29, 0.717) is 6.54 Å². The second-order valence-electron chi connectivity index (χ2n) is 6.71. The van der Waals surface area contributed by atoms with E-state index in [0.717, 1.165) is 27.6 Å². The van der Waals surface area contributed by atoms with Crippen molar-refractivity contribution in [1.82, 2.24) is 18.6 Å². The maximum absolute atomic E-state index is 12.7. The second kappa shape index (κ2) is 8.03. The Kier molecular flexibility index (Phi) is 5.76. The first kappa shape index (κ1) is 18.6. The van der Waals surface area contributed by atoms with Crippen LogP contribution in [0.25, 0.3) is 22.0 Å². The van der Waals surface area contributed by atoms with Gasteiger partial charge in [-0.3, -0.25) is 14.3 Å². The molecule has 3 rings (SSSR count). The molecule has 0 bridgehead atoms. The molecule has 1 aromatic carbocycles. The molecule has 0 aliphatic carbocycles. The standard InChI is InChI=1S/C20H24N4OS/c1-14(2)20(25)24-13-17(12-22-26-23(3)4)18-6-5-16(11-19(18)24)15-7-9-21-10-8-15/h5-11,13-14,22H,12H2,1-4H3. The molecule has 5 nitrogen and oxygen atoms in total. The van der Waals surface area contributed by atoms with E-state index in [4.69, 9.17) is 0 Å². The van der Waals surface area contributed by atoms with Crippen molar-refractivity contribution in [2.24, 2.45) is 5.92 Å². The van der Waals surface area contributed by atoms with Gasteiger partial charge in [0.05, 0.1) is 5.52 Å². The summed E-state index contributed by atoms with van der Waals surface area (Å²) in [7, 11) is 3.98. The van der Waals surface area contributed by atoms with Gasteiger partial charge < -0.3 is 0 Å². The minimum absolute atomic E-state index is 0.0628. The smallest absolute Gasteiger partial charge is 0.233 e. The van der Waals surface area contributed by atoms with E-state index in [1.807, 2.05) is 50.6 Å². The van der Waals surface area contributed by atoms with Crippen molar-refractivity contribution in [3.8, 4) is 11.1 Å². The monoisotopic (exact) mass is 368 g/mol. The minimum atomic E-state index is -0.0628. The number of rotatable bonds is 6. The van der Waals surface area contributed by atoms with E-state index < -0.39 is 0 Å². The molecule has 0 aliphatic heterocycles. The first-order valence-electron chi connectivity index (χ1n) is 8.63. The number of nitrogens with one attached hydrogen (secondary N) is 1. The van der Waals surface area contributed by atoms with Crippen LogP contribution in [0.5, 0.6) is 0 Å². The van der Waals surface area contributed by atoms with Gasteiger partial charge in [0.2, 0.25) is 5.91 Å². The Morgan fingerprint density at radius 1 is 1.19 bits per heavy atom. The molecule has 2 heterocycles. The highest BCUT2D eigenvalue weighted by molar-refractivity contribution is 7.95. The molecule has 0 fully saturated rings. The van der Waals surface area contributed by atoms with Gasteiger partial charge in [-0.05, 0) is 49.0 Å². The molecule has 26 heavy (non-hydrogen) atoms. The number of carbonyl (C=O) groups is 1. The summed E-state index contributed by atoms with van der Waals surface area (Å²) in [5.74, 6) is 0.0422. The van der Waals surface area contributed by atoms with Crippen molar-refractivity contribution in [2.45, 2.75) is 20.4 Å². The zero-order valence-electron chi connectivity index (χ0n) is 15.6. The summed E-state index contributed by atoms with van der Waals surface area (Å²) in [4.78, 5) is 16.8. The molecule has 0 amide bonds. The molecule has 0 aliphatic rings. The lowest BCUT2D eigenvalue weighted by molar-refractivity contribution is 0.0860. The molecular formula is C20H24N4OS. The summed E-state index contributed by atoms with van der Waals surface area (Å²) in [6, 6.07) is 10.3. The molecule has 0 saturated heterocycles. The first-order chi connectivity index (χ1) is 12.5. The average Bonchev–Trinajstić information content (AvgIpc) is 2.99. The fourth-order valence-electron chi connectivity index (χ4n) is 2.86. The molecule has 0 atom stereocenters. The van der Waals surface area contributed by atoms with Crippen LogP contribution >= 0.6 is 12.1 Å². The van der Waals surface area contributed by atoms with Crippen LogP contribution in [0.1, 0.15) is 24.2 Å². The molecule has 2 aromatic heterocycles. The summed E-state index contributed by atoms with van der Waals surface area (Å²) < 4.78 is 7.12. The zero-order valence-corrected chi connectivity index (χ0v) is 16.4. The molecular weight excluding hydrogens is 344 g/mol. The molecule has 0 spiro atoms. The first-order valence-corrected chi connectivity index (χ1v) is 9.40. The number of hydrogen-bond acceptors (Lipinski definition) is 5. The summed E-state index contributed by atoms with van der Waals surface area (Å²) in [6.07, 6.45) is 5.53. The van der Waals surface area contributed by atoms with Crippen LogP contribution in [-0.4, -0.2) is 33.9 Å². The quantitative estimate of drug-likeness (QED) is 0.661. The number of carbonyl (C=O) groups excluding carboxylic acids is 1. The highest BCUT2D eigenvalue weighted by atomic mass is 32.2. The van der Waals surface area contributed by atoms with E-state index in [9.17, 15) is 4.79 Å². The lowest BCUT2D eigenvalue weighted by Gasteiger charge is -2.08. The molecule has 136 valence electrons. The van der Waals surface area contributed by atoms with Crippen molar-refractivity contribution >= 4 is 28.9 Å². The van der Waals surface area contributed by atoms with Crippen LogP contribution in [0.4, 0.5) is 0 Å². The topological polar surface area (TPSA) is 50.2 Å². The maximum Gasteiger partial charge on any atom is 0.233 e. The van der Waals surface area contributed by atoms with Gasteiger partial charge in [-0.25, -0.2) is 9.03 Å². The Bertz CT molecular complexity index is 903. The third-order valence-electron chi connectivity index (χ3n) is 4.14. The number of aromatic nitrogens is 2. The minimum Gasteiger partial charge on any atom is -0.287 e. The summed E-state index contributed by atoms with van der Waals surface area (Å²) in [6.45, 7) is 4.55.